The zero-order chi connectivity index (χ0) is 6.15. The third-order valence-electron chi connectivity index (χ3n) is 0.990. The first kappa shape index (κ1) is 5.91. The fourth-order valence-corrected chi connectivity index (χ4v) is 0.807. The maximum Gasteiger partial charge on any atom is 0.123 e. The number of aromatic amines is 2. The average molecular weight is 146 g/mol. The van der Waals surface area contributed by atoms with Gasteiger partial charge in [0.05, 0.1) is 5.03 Å². The minimum Gasteiger partial charge on any atom is -0.294 e. The third-order valence-corrected chi connectivity index (χ3v) is 1.85. The summed E-state index contributed by atoms with van der Waals surface area (Å²) in [6.45, 7) is 1.91. The summed E-state index contributed by atoms with van der Waals surface area (Å²) in [6.07, 6.45) is 0. The Balaban J connectivity index is 3.41. The molecule has 0 unspecified atom stereocenters. The summed E-state index contributed by atoms with van der Waals surface area (Å²) in [4.78, 5) is 0. The largest absolute Gasteiger partial charge is 0.294 e. The van der Waals surface area contributed by atoms with Crippen LogP contribution in [-0.2, 0) is 0 Å². The monoisotopic (exact) mass is 146 g/mol. The predicted octanol–water partition coefficient (Wildman–Crippen LogP) is 1.67. The molecule has 0 fully saturated rings. The minimum atomic E-state index is 0.731. The number of aromatic nitrogens is 2. The molecule has 2 nitrogen and oxygen atoms in total. The lowest BCUT2D eigenvalue weighted by molar-refractivity contribution is 0.997. The maximum atomic E-state index is 4.84. The normalized spacial score (nSPS) is 9.75. The highest BCUT2D eigenvalue weighted by molar-refractivity contribution is 7.80. The molecule has 0 aromatic carbocycles. The molecule has 0 amide bonds. The minimum absolute atomic E-state index is 0.731. The first-order valence-corrected chi connectivity index (χ1v) is 3.03. The SMILES string of the molecule is Cc1c(S)[nH][nH]c1=S. The van der Waals surface area contributed by atoms with Gasteiger partial charge in [0.25, 0.3) is 0 Å². The Morgan fingerprint density at radius 1 is 1.50 bits per heavy atom. The maximum absolute atomic E-state index is 4.84. The zero-order valence-electron chi connectivity index (χ0n) is 4.36. The van der Waals surface area contributed by atoms with Crippen LogP contribution in [0.4, 0.5) is 0 Å². The summed E-state index contributed by atoms with van der Waals surface area (Å²) >= 11 is 8.90. The van der Waals surface area contributed by atoms with Crippen LogP contribution in [0.25, 0.3) is 0 Å². The van der Waals surface area contributed by atoms with Crippen LogP contribution in [0.2, 0.25) is 0 Å². The highest BCUT2D eigenvalue weighted by Gasteiger charge is 1.92. The number of rotatable bonds is 0. The molecule has 8 heavy (non-hydrogen) atoms. The fourth-order valence-electron chi connectivity index (χ4n) is 0.411. The molecule has 0 aliphatic carbocycles. The number of nitrogens with one attached hydrogen (secondary N) is 2. The van der Waals surface area contributed by atoms with Crippen molar-refractivity contribution in [2.45, 2.75) is 11.9 Å². The highest BCUT2D eigenvalue weighted by atomic mass is 32.1. The molecule has 0 spiro atoms. The van der Waals surface area contributed by atoms with Crippen molar-refractivity contribution in [2.75, 3.05) is 0 Å². The van der Waals surface area contributed by atoms with Gasteiger partial charge in [-0.05, 0) is 6.92 Å². The number of thiol groups is 1. The van der Waals surface area contributed by atoms with E-state index in [1.807, 2.05) is 6.92 Å². The average Bonchev–Trinajstić information content (AvgIpc) is 1.98. The lowest BCUT2D eigenvalue weighted by atomic mass is 10.4. The second kappa shape index (κ2) is 1.95. The Hall–Kier alpha value is -0.220. The van der Waals surface area contributed by atoms with E-state index in [4.69, 9.17) is 12.2 Å². The molecular weight excluding hydrogens is 140 g/mol. The summed E-state index contributed by atoms with van der Waals surface area (Å²) in [6, 6.07) is 0. The number of H-pyrrole nitrogens is 2. The summed E-state index contributed by atoms with van der Waals surface area (Å²) in [5, 5.41) is 6.34. The highest BCUT2D eigenvalue weighted by Crippen LogP contribution is 2.07. The molecule has 2 N–H and O–H groups in total. The molecule has 0 aliphatic heterocycles. The van der Waals surface area contributed by atoms with Gasteiger partial charge in [0.2, 0.25) is 0 Å². The van der Waals surface area contributed by atoms with Crippen LogP contribution in [0, 0.1) is 11.6 Å². The van der Waals surface area contributed by atoms with Crippen molar-refractivity contribution in [3.05, 3.63) is 10.2 Å². The van der Waals surface area contributed by atoms with Crippen LogP contribution in [0.15, 0.2) is 5.03 Å². The van der Waals surface area contributed by atoms with Gasteiger partial charge in [-0.1, -0.05) is 12.2 Å². The van der Waals surface area contributed by atoms with Crippen molar-refractivity contribution >= 4 is 24.8 Å². The summed E-state index contributed by atoms with van der Waals surface area (Å²) < 4.78 is 0.731. The molecule has 1 heterocycles. The topological polar surface area (TPSA) is 31.6 Å². The van der Waals surface area contributed by atoms with Crippen LogP contribution >= 0.6 is 24.8 Å². The molecule has 1 aromatic rings. The smallest absolute Gasteiger partial charge is 0.123 e. The summed E-state index contributed by atoms with van der Waals surface area (Å²) in [5.74, 6) is 0. The fraction of sp³-hybridized carbons (Fsp3) is 0.250. The number of hydrogen-bond acceptors (Lipinski definition) is 2. The Morgan fingerprint density at radius 3 is 2.25 bits per heavy atom. The molecule has 44 valence electrons. The summed E-state index contributed by atoms with van der Waals surface area (Å²) in [7, 11) is 0. The van der Waals surface area contributed by atoms with Gasteiger partial charge in [0, 0.05) is 5.56 Å². The van der Waals surface area contributed by atoms with Gasteiger partial charge in [-0.25, -0.2) is 0 Å². The van der Waals surface area contributed by atoms with Crippen LogP contribution in [-0.4, -0.2) is 10.2 Å². The molecule has 0 aliphatic rings. The van der Waals surface area contributed by atoms with Crippen molar-refractivity contribution in [1.82, 2.24) is 10.2 Å². The molecule has 0 radical (unpaired) electrons. The molecule has 0 saturated carbocycles. The van der Waals surface area contributed by atoms with Gasteiger partial charge >= 0.3 is 0 Å². The van der Waals surface area contributed by atoms with Crippen molar-refractivity contribution in [1.29, 1.82) is 0 Å². The van der Waals surface area contributed by atoms with Gasteiger partial charge in [-0.15, -0.1) is 12.6 Å². The van der Waals surface area contributed by atoms with Crippen LogP contribution in [0.3, 0.4) is 0 Å². The van der Waals surface area contributed by atoms with Gasteiger partial charge in [0.15, 0.2) is 0 Å². The first-order chi connectivity index (χ1) is 3.72. The standard InChI is InChI=1S/C4H6N2S2/c1-2-3(7)5-6-4(2)8/h1H3,(H3,5,6,7,8). The Bertz CT molecular complexity index is 234. The molecule has 0 saturated heterocycles. The second-order valence-electron chi connectivity index (χ2n) is 1.55. The van der Waals surface area contributed by atoms with E-state index in [1.165, 1.54) is 0 Å². The first-order valence-electron chi connectivity index (χ1n) is 2.18. The van der Waals surface area contributed by atoms with Gasteiger partial charge in [0.1, 0.15) is 4.64 Å². The molecule has 1 aromatic heterocycles. The van der Waals surface area contributed by atoms with E-state index in [0.29, 0.717) is 0 Å². The predicted molar refractivity (Wildman–Crippen MR) is 38.0 cm³/mol. The van der Waals surface area contributed by atoms with Crippen molar-refractivity contribution < 1.29 is 0 Å². The molecule has 0 atom stereocenters. The van der Waals surface area contributed by atoms with E-state index in [2.05, 4.69) is 22.8 Å². The van der Waals surface area contributed by atoms with Gasteiger partial charge in [-0.3, -0.25) is 10.2 Å². The lowest BCUT2D eigenvalue weighted by Crippen LogP contribution is -1.64. The molecular formula is C4H6N2S2. The van der Waals surface area contributed by atoms with Gasteiger partial charge < -0.3 is 0 Å². The Morgan fingerprint density at radius 2 is 2.12 bits per heavy atom. The second-order valence-corrected chi connectivity index (χ2v) is 2.41. The third kappa shape index (κ3) is 0.809. The van der Waals surface area contributed by atoms with E-state index in [9.17, 15) is 0 Å². The van der Waals surface area contributed by atoms with E-state index in [-0.39, 0.29) is 0 Å². The lowest BCUT2D eigenvalue weighted by Gasteiger charge is -1.78. The van der Waals surface area contributed by atoms with E-state index in [1.54, 1.807) is 0 Å². The van der Waals surface area contributed by atoms with Gasteiger partial charge in [-0.2, -0.15) is 0 Å². The van der Waals surface area contributed by atoms with Crippen molar-refractivity contribution in [3.8, 4) is 0 Å². The number of hydrogen-bond donors (Lipinski definition) is 3. The van der Waals surface area contributed by atoms with E-state index >= 15 is 0 Å². The molecule has 0 bridgehead atoms. The Labute approximate surface area is 57.7 Å². The molecule has 1 rings (SSSR count). The van der Waals surface area contributed by atoms with Crippen LogP contribution in [0.5, 0.6) is 0 Å². The zero-order valence-corrected chi connectivity index (χ0v) is 6.07. The van der Waals surface area contributed by atoms with E-state index in [0.717, 1.165) is 15.2 Å². The van der Waals surface area contributed by atoms with Crippen molar-refractivity contribution in [2.24, 2.45) is 0 Å². The quantitative estimate of drug-likeness (QED) is 0.377. The Kier molecular flexibility index (Phi) is 1.44. The molecule has 4 heteroatoms. The van der Waals surface area contributed by atoms with E-state index < -0.39 is 0 Å². The van der Waals surface area contributed by atoms with Crippen LogP contribution in [0.1, 0.15) is 5.56 Å². The summed E-state index contributed by atoms with van der Waals surface area (Å²) in [5.41, 5.74) is 1.00. The van der Waals surface area contributed by atoms with Crippen molar-refractivity contribution in [3.63, 3.8) is 0 Å². The van der Waals surface area contributed by atoms with Crippen LogP contribution < -0.4 is 0 Å².